The summed E-state index contributed by atoms with van der Waals surface area (Å²) in [4.78, 5) is 12.3. The Balaban J connectivity index is 2.39. The number of carbonyl (C=O) groups excluding carboxylic acids is 1. The fourth-order valence-electron chi connectivity index (χ4n) is 2.09. The number of ketones is 1. The van der Waals surface area contributed by atoms with Gasteiger partial charge in [0.2, 0.25) is 0 Å². The SMILES string of the molecule is O=C1c2cc(I)ccc2-c2c(Cl)cc(Br)cc21. The normalized spacial score (nSPS) is 12.5. The molecule has 0 fully saturated rings. The van der Waals surface area contributed by atoms with Crippen LogP contribution in [0.25, 0.3) is 11.1 Å². The van der Waals surface area contributed by atoms with Gasteiger partial charge in [0.15, 0.2) is 5.78 Å². The summed E-state index contributed by atoms with van der Waals surface area (Å²) < 4.78 is 1.88. The van der Waals surface area contributed by atoms with Gasteiger partial charge in [-0.2, -0.15) is 0 Å². The van der Waals surface area contributed by atoms with E-state index in [-0.39, 0.29) is 5.78 Å². The molecule has 0 amide bonds. The molecule has 0 N–H and O–H groups in total. The second-order valence-electron chi connectivity index (χ2n) is 3.83. The average Bonchev–Trinajstić information content (AvgIpc) is 2.53. The first kappa shape index (κ1) is 11.7. The van der Waals surface area contributed by atoms with Crippen LogP contribution in [0.1, 0.15) is 15.9 Å². The fraction of sp³-hybridized carbons (Fsp3) is 0. The molecule has 0 atom stereocenters. The van der Waals surface area contributed by atoms with E-state index < -0.39 is 0 Å². The molecule has 0 unspecified atom stereocenters. The quantitative estimate of drug-likeness (QED) is 0.473. The first-order chi connectivity index (χ1) is 8.08. The fourth-order valence-corrected chi connectivity index (χ4v) is 3.50. The van der Waals surface area contributed by atoms with Gasteiger partial charge >= 0.3 is 0 Å². The number of carbonyl (C=O) groups is 1. The minimum absolute atomic E-state index is 0.0525. The van der Waals surface area contributed by atoms with E-state index in [1.165, 1.54) is 0 Å². The van der Waals surface area contributed by atoms with Crippen molar-refractivity contribution in [2.45, 2.75) is 0 Å². The molecule has 0 radical (unpaired) electrons. The highest BCUT2D eigenvalue weighted by atomic mass is 127. The lowest BCUT2D eigenvalue weighted by atomic mass is 10.1. The van der Waals surface area contributed by atoms with Gasteiger partial charge in [0.25, 0.3) is 0 Å². The molecule has 0 bridgehead atoms. The van der Waals surface area contributed by atoms with Crippen LogP contribution in [0.5, 0.6) is 0 Å². The van der Waals surface area contributed by atoms with Crippen LogP contribution in [0, 0.1) is 3.57 Å². The van der Waals surface area contributed by atoms with Crippen LogP contribution in [-0.4, -0.2) is 5.78 Å². The molecule has 0 aliphatic heterocycles. The van der Waals surface area contributed by atoms with E-state index in [2.05, 4.69) is 38.5 Å². The minimum Gasteiger partial charge on any atom is -0.289 e. The van der Waals surface area contributed by atoms with Gasteiger partial charge in [-0.15, -0.1) is 0 Å². The number of benzene rings is 2. The Morgan fingerprint density at radius 2 is 1.82 bits per heavy atom. The molecule has 1 aliphatic carbocycles. The zero-order valence-electron chi connectivity index (χ0n) is 8.43. The summed E-state index contributed by atoms with van der Waals surface area (Å²) in [5.74, 6) is 0.0525. The second-order valence-corrected chi connectivity index (χ2v) is 6.40. The van der Waals surface area contributed by atoms with Crippen LogP contribution < -0.4 is 0 Å². The van der Waals surface area contributed by atoms with E-state index in [1.807, 2.05) is 30.3 Å². The third-order valence-corrected chi connectivity index (χ3v) is 4.22. The third-order valence-electron chi connectivity index (χ3n) is 2.80. The number of halogens is 3. The Hall–Kier alpha value is -0.390. The van der Waals surface area contributed by atoms with E-state index in [9.17, 15) is 4.79 Å². The Bertz CT molecular complexity index is 667. The van der Waals surface area contributed by atoms with Gasteiger partial charge < -0.3 is 0 Å². The Kier molecular flexibility index (Phi) is 2.80. The van der Waals surface area contributed by atoms with Crippen molar-refractivity contribution >= 4 is 55.9 Å². The molecule has 1 nitrogen and oxygen atoms in total. The molecular formula is C13H5BrClIO. The lowest BCUT2D eigenvalue weighted by molar-refractivity contribution is 0.104. The predicted molar refractivity (Wildman–Crippen MR) is 80.7 cm³/mol. The average molecular weight is 419 g/mol. The summed E-state index contributed by atoms with van der Waals surface area (Å²) in [6, 6.07) is 9.50. The monoisotopic (exact) mass is 418 g/mol. The van der Waals surface area contributed by atoms with E-state index in [0.717, 1.165) is 24.7 Å². The van der Waals surface area contributed by atoms with Crippen LogP contribution in [0.2, 0.25) is 5.02 Å². The number of rotatable bonds is 0. The second kappa shape index (κ2) is 4.07. The molecule has 0 spiro atoms. The molecule has 0 saturated carbocycles. The Labute approximate surface area is 125 Å². The summed E-state index contributed by atoms with van der Waals surface area (Å²) in [6.07, 6.45) is 0. The molecule has 0 aromatic heterocycles. The smallest absolute Gasteiger partial charge is 0.194 e. The summed E-state index contributed by atoms with van der Waals surface area (Å²) in [7, 11) is 0. The van der Waals surface area contributed by atoms with Gasteiger partial charge in [-0.3, -0.25) is 4.79 Å². The number of fused-ring (bicyclic) bond motifs is 3. The van der Waals surface area contributed by atoms with Crippen molar-refractivity contribution in [3.05, 3.63) is 54.5 Å². The van der Waals surface area contributed by atoms with Crippen LogP contribution in [-0.2, 0) is 0 Å². The van der Waals surface area contributed by atoms with E-state index in [0.29, 0.717) is 10.6 Å². The minimum atomic E-state index is 0.0525. The van der Waals surface area contributed by atoms with E-state index in [1.54, 1.807) is 0 Å². The molecule has 3 rings (SSSR count). The largest absolute Gasteiger partial charge is 0.289 e. The van der Waals surface area contributed by atoms with Crippen LogP contribution in [0.3, 0.4) is 0 Å². The van der Waals surface area contributed by atoms with E-state index in [4.69, 9.17) is 11.6 Å². The van der Waals surface area contributed by atoms with Crippen molar-refractivity contribution in [1.82, 2.24) is 0 Å². The van der Waals surface area contributed by atoms with Crippen LogP contribution in [0.4, 0.5) is 0 Å². The van der Waals surface area contributed by atoms with Gasteiger partial charge in [-0.1, -0.05) is 33.6 Å². The summed E-state index contributed by atoms with van der Waals surface area (Å²) in [6.45, 7) is 0. The maximum atomic E-state index is 12.3. The lowest BCUT2D eigenvalue weighted by Crippen LogP contribution is -1.95. The van der Waals surface area contributed by atoms with Gasteiger partial charge in [0, 0.05) is 24.7 Å². The molecular weight excluding hydrogens is 414 g/mol. The van der Waals surface area contributed by atoms with Gasteiger partial charge in [-0.25, -0.2) is 0 Å². The summed E-state index contributed by atoms with van der Waals surface area (Å²) in [5.41, 5.74) is 3.21. The van der Waals surface area contributed by atoms with Gasteiger partial charge in [0.1, 0.15) is 0 Å². The van der Waals surface area contributed by atoms with Crippen molar-refractivity contribution in [2.75, 3.05) is 0 Å². The third kappa shape index (κ3) is 1.75. The highest BCUT2D eigenvalue weighted by Crippen LogP contribution is 2.42. The van der Waals surface area contributed by atoms with Crippen molar-refractivity contribution in [2.24, 2.45) is 0 Å². The van der Waals surface area contributed by atoms with Gasteiger partial charge in [0.05, 0.1) is 5.02 Å². The molecule has 4 heteroatoms. The molecule has 2 aromatic rings. The van der Waals surface area contributed by atoms with Crippen molar-refractivity contribution in [1.29, 1.82) is 0 Å². The van der Waals surface area contributed by atoms with Gasteiger partial charge in [-0.05, 0) is 52.4 Å². The first-order valence-electron chi connectivity index (χ1n) is 4.91. The van der Waals surface area contributed by atoms with Crippen molar-refractivity contribution < 1.29 is 4.79 Å². The molecule has 17 heavy (non-hydrogen) atoms. The zero-order chi connectivity index (χ0) is 12.2. The molecule has 84 valence electrons. The highest BCUT2D eigenvalue weighted by molar-refractivity contribution is 14.1. The maximum Gasteiger partial charge on any atom is 0.194 e. The Morgan fingerprint density at radius 1 is 1.06 bits per heavy atom. The topological polar surface area (TPSA) is 17.1 Å². The predicted octanol–water partition coefficient (Wildman–Crippen LogP) is 4.92. The van der Waals surface area contributed by atoms with Crippen molar-refractivity contribution in [3.63, 3.8) is 0 Å². The number of hydrogen-bond acceptors (Lipinski definition) is 1. The molecule has 0 heterocycles. The molecule has 2 aromatic carbocycles. The van der Waals surface area contributed by atoms with Crippen molar-refractivity contribution in [3.8, 4) is 11.1 Å². The summed E-state index contributed by atoms with van der Waals surface area (Å²) >= 11 is 11.8. The lowest BCUT2D eigenvalue weighted by Gasteiger charge is -2.03. The first-order valence-corrected chi connectivity index (χ1v) is 7.16. The highest BCUT2D eigenvalue weighted by Gasteiger charge is 2.29. The molecule has 0 saturated heterocycles. The standard InChI is InChI=1S/C13H5BrClIO/c14-6-3-10-12(11(15)4-6)8-2-1-7(16)5-9(8)13(10)17/h1-5H. The Morgan fingerprint density at radius 3 is 2.59 bits per heavy atom. The molecule has 1 aliphatic rings. The van der Waals surface area contributed by atoms with E-state index >= 15 is 0 Å². The van der Waals surface area contributed by atoms with Crippen LogP contribution in [0.15, 0.2) is 34.8 Å². The summed E-state index contributed by atoms with van der Waals surface area (Å²) in [5, 5.41) is 0.614. The van der Waals surface area contributed by atoms with Crippen LogP contribution >= 0.6 is 50.1 Å². The number of hydrogen-bond donors (Lipinski definition) is 0. The zero-order valence-corrected chi connectivity index (χ0v) is 12.9. The maximum absolute atomic E-state index is 12.3.